The van der Waals surface area contributed by atoms with Crippen LogP contribution in [0.2, 0.25) is 10.0 Å². The normalized spacial score (nSPS) is 14.6. The van der Waals surface area contributed by atoms with E-state index in [9.17, 15) is 0 Å². The van der Waals surface area contributed by atoms with Crippen LogP contribution in [0.4, 0.5) is 0 Å². The van der Waals surface area contributed by atoms with Crippen LogP contribution in [-0.2, 0) is 0 Å². The molecule has 0 aromatic heterocycles. The van der Waals surface area contributed by atoms with Gasteiger partial charge in [0.1, 0.15) is 0 Å². The molecular weight excluding hydrogens is 253 g/mol. The fraction of sp³-hybridized carbons (Fsp3) is 0.571. The van der Waals surface area contributed by atoms with E-state index in [1.807, 2.05) is 12.1 Å². The minimum absolute atomic E-state index is 0.339. The molecule has 3 heteroatoms. The lowest BCUT2D eigenvalue weighted by Crippen LogP contribution is -2.22. The quantitative estimate of drug-likeness (QED) is 0.762. The molecule has 0 aliphatic rings. The molecule has 0 heterocycles. The van der Waals surface area contributed by atoms with Crippen molar-refractivity contribution >= 4 is 23.2 Å². The lowest BCUT2D eigenvalue weighted by molar-refractivity contribution is 0.408. The number of hydrogen-bond acceptors (Lipinski definition) is 1. The summed E-state index contributed by atoms with van der Waals surface area (Å²) in [6.45, 7) is 7.57. The number of benzene rings is 1. The van der Waals surface area contributed by atoms with E-state index in [4.69, 9.17) is 23.2 Å². The molecule has 0 saturated carbocycles. The average molecular weight is 274 g/mol. The predicted molar refractivity (Wildman–Crippen MR) is 77.0 cm³/mol. The van der Waals surface area contributed by atoms with E-state index in [0.29, 0.717) is 22.0 Å². The third kappa shape index (κ3) is 4.87. The van der Waals surface area contributed by atoms with Gasteiger partial charge in [-0.05, 0) is 42.6 Å². The molecule has 0 aliphatic carbocycles. The Balaban J connectivity index is 2.88. The van der Waals surface area contributed by atoms with Crippen molar-refractivity contribution in [1.29, 1.82) is 0 Å². The smallest absolute Gasteiger partial charge is 0.0424 e. The molecule has 1 nitrogen and oxygen atoms in total. The van der Waals surface area contributed by atoms with Gasteiger partial charge in [-0.15, -0.1) is 0 Å². The second kappa shape index (κ2) is 7.25. The van der Waals surface area contributed by atoms with Crippen molar-refractivity contribution in [3.8, 4) is 0 Å². The van der Waals surface area contributed by atoms with Gasteiger partial charge in [-0.25, -0.2) is 0 Å². The molecular formula is C14H21Cl2N. The first-order valence-electron chi connectivity index (χ1n) is 6.26. The highest BCUT2D eigenvalue weighted by Crippen LogP contribution is 2.28. The van der Waals surface area contributed by atoms with Crippen LogP contribution in [0.1, 0.15) is 45.2 Å². The summed E-state index contributed by atoms with van der Waals surface area (Å²) in [7, 11) is 0. The molecule has 1 N–H and O–H groups in total. The van der Waals surface area contributed by atoms with Gasteiger partial charge in [0, 0.05) is 16.1 Å². The van der Waals surface area contributed by atoms with Crippen LogP contribution in [0, 0.1) is 5.92 Å². The van der Waals surface area contributed by atoms with Crippen molar-refractivity contribution in [2.75, 3.05) is 6.54 Å². The summed E-state index contributed by atoms with van der Waals surface area (Å²) in [6, 6.07) is 6.12. The molecule has 2 unspecified atom stereocenters. The van der Waals surface area contributed by atoms with Gasteiger partial charge in [0.15, 0.2) is 0 Å². The third-order valence-electron chi connectivity index (χ3n) is 3.07. The lowest BCUT2D eigenvalue weighted by Gasteiger charge is -2.22. The lowest BCUT2D eigenvalue weighted by atomic mass is 9.94. The number of rotatable bonds is 6. The summed E-state index contributed by atoms with van der Waals surface area (Å²) in [5.41, 5.74) is 1.18. The van der Waals surface area contributed by atoms with Crippen LogP contribution < -0.4 is 5.32 Å². The SMILES string of the molecule is CCNC(CC(C)CC)c1cc(Cl)cc(Cl)c1. The summed E-state index contributed by atoms with van der Waals surface area (Å²) in [5, 5.41) is 4.92. The van der Waals surface area contributed by atoms with Gasteiger partial charge in [-0.3, -0.25) is 0 Å². The van der Waals surface area contributed by atoms with Gasteiger partial charge >= 0.3 is 0 Å². The van der Waals surface area contributed by atoms with Crippen LogP contribution in [-0.4, -0.2) is 6.54 Å². The van der Waals surface area contributed by atoms with Crippen molar-refractivity contribution in [1.82, 2.24) is 5.32 Å². The van der Waals surface area contributed by atoms with Crippen LogP contribution in [0.15, 0.2) is 18.2 Å². The Kier molecular flexibility index (Phi) is 6.32. The molecule has 0 fully saturated rings. The van der Waals surface area contributed by atoms with Gasteiger partial charge in [0.2, 0.25) is 0 Å². The Morgan fingerprint density at radius 1 is 1.12 bits per heavy atom. The van der Waals surface area contributed by atoms with E-state index in [1.54, 1.807) is 6.07 Å². The molecule has 1 aromatic rings. The van der Waals surface area contributed by atoms with Crippen molar-refractivity contribution in [3.05, 3.63) is 33.8 Å². The topological polar surface area (TPSA) is 12.0 Å². The van der Waals surface area contributed by atoms with E-state index in [2.05, 4.69) is 26.1 Å². The maximum atomic E-state index is 6.05. The molecule has 0 radical (unpaired) electrons. The Hall–Kier alpha value is -0.240. The standard InChI is InChI=1S/C14H21Cl2N/c1-4-10(3)6-14(17-5-2)11-7-12(15)9-13(16)8-11/h7-10,14,17H,4-6H2,1-3H3. The van der Waals surface area contributed by atoms with Crippen molar-refractivity contribution in [2.24, 2.45) is 5.92 Å². The molecule has 1 aromatic carbocycles. The number of halogens is 2. The molecule has 0 amide bonds. The van der Waals surface area contributed by atoms with Gasteiger partial charge < -0.3 is 5.32 Å². The van der Waals surface area contributed by atoms with E-state index < -0.39 is 0 Å². The Morgan fingerprint density at radius 2 is 1.71 bits per heavy atom. The summed E-state index contributed by atoms with van der Waals surface area (Å²) < 4.78 is 0. The first-order valence-corrected chi connectivity index (χ1v) is 7.01. The molecule has 1 rings (SSSR count). The number of hydrogen-bond donors (Lipinski definition) is 1. The summed E-state index contributed by atoms with van der Waals surface area (Å²) in [6.07, 6.45) is 2.30. The molecule has 0 spiro atoms. The van der Waals surface area contributed by atoms with Crippen molar-refractivity contribution < 1.29 is 0 Å². The minimum Gasteiger partial charge on any atom is -0.310 e. The molecule has 0 aliphatic heterocycles. The monoisotopic (exact) mass is 273 g/mol. The van der Waals surface area contributed by atoms with Gasteiger partial charge in [0.05, 0.1) is 0 Å². The molecule has 17 heavy (non-hydrogen) atoms. The van der Waals surface area contributed by atoms with Crippen LogP contribution in [0.25, 0.3) is 0 Å². The Labute approximate surface area is 115 Å². The second-order valence-corrected chi connectivity index (χ2v) is 5.44. The van der Waals surface area contributed by atoms with Crippen molar-refractivity contribution in [2.45, 2.75) is 39.7 Å². The molecule has 0 saturated heterocycles. The highest BCUT2D eigenvalue weighted by molar-refractivity contribution is 6.34. The van der Waals surface area contributed by atoms with E-state index in [1.165, 1.54) is 12.0 Å². The highest BCUT2D eigenvalue weighted by Gasteiger charge is 2.14. The van der Waals surface area contributed by atoms with Gasteiger partial charge in [-0.1, -0.05) is 50.4 Å². The Morgan fingerprint density at radius 3 is 2.18 bits per heavy atom. The molecule has 2 atom stereocenters. The number of nitrogens with one attached hydrogen (secondary N) is 1. The zero-order valence-electron chi connectivity index (χ0n) is 10.8. The van der Waals surface area contributed by atoms with Crippen LogP contribution >= 0.6 is 23.2 Å². The first-order chi connectivity index (χ1) is 8.06. The van der Waals surface area contributed by atoms with E-state index >= 15 is 0 Å². The van der Waals surface area contributed by atoms with Crippen LogP contribution in [0.5, 0.6) is 0 Å². The highest BCUT2D eigenvalue weighted by atomic mass is 35.5. The minimum atomic E-state index is 0.339. The zero-order valence-corrected chi connectivity index (χ0v) is 12.3. The maximum absolute atomic E-state index is 6.05. The van der Waals surface area contributed by atoms with Crippen LogP contribution in [0.3, 0.4) is 0 Å². The summed E-state index contributed by atoms with van der Waals surface area (Å²) in [5.74, 6) is 0.691. The average Bonchev–Trinajstić information content (AvgIpc) is 2.27. The van der Waals surface area contributed by atoms with E-state index in [0.717, 1.165) is 13.0 Å². The fourth-order valence-corrected chi connectivity index (χ4v) is 2.47. The summed E-state index contributed by atoms with van der Waals surface area (Å²) in [4.78, 5) is 0. The predicted octanol–water partition coefficient (Wildman–Crippen LogP) is 5.08. The van der Waals surface area contributed by atoms with Gasteiger partial charge in [-0.2, -0.15) is 0 Å². The molecule has 0 bridgehead atoms. The third-order valence-corrected chi connectivity index (χ3v) is 3.51. The van der Waals surface area contributed by atoms with Gasteiger partial charge in [0.25, 0.3) is 0 Å². The van der Waals surface area contributed by atoms with E-state index in [-0.39, 0.29) is 0 Å². The largest absolute Gasteiger partial charge is 0.310 e. The van der Waals surface area contributed by atoms with Crippen molar-refractivity contribution in [3.63, 3.8) is 0 Å². The molecule has 96 valence electrons. The summed E-state index contributed by atoms with van der Waals surface area (Å²) >= 11 is 12.1. The zero-order chi connectivity index (χ0) is 12.8. The first kappa shape index (κ1) is 14.8. The Bertz CT molecular complexity index is 332. The fourth-order valence-electron chi connectivity index (χ4n) is 1.93. The second-order valence-electron chi connectivity index (χ2n) is 4.56. The maximum Gasteiger partial charge on any atom is 0.0424 e.